The second-order valence-electron chi connectivity index (χ2n) is 8.15. The van der Waals surface area contributed by atoms with E-state index in [2.05, 4.69) is 23.7 Å². The van der Waals surface area contributed by atoms with Crippen LogP contribution in [0.15, 0.2) is 36.5 Å². The molecular weight excluding hydrogens is 353 g/mol. The summed E-state index contributed by atoms with van der Waals surface area (Å²) in [4.78, 5) is 21.9. The van der Waals surface area contributed by atoms with E-state index >= 15 is 0 Å². The van der Waals surface area contributed by atoms with Crippen LogP contribution in [0, 0.1) is 25.6 Å². The summed E-state index contributed by atoms with van der Waals surface area (Å²) in [5.41, 5.74) is 3.70. The number of hydrogen-bond acceptors (Lipinski definition) is 3. The molecule has 1 fully saturated rings. The van der Waals surface area contributed by atoms with Crippen molar-refractivity contribution in [2.45, 2.75) is 46.7 Å². The quantitative estimate of drug-likeness (QED) is 0.794. The molecule has 2 heterocycles. The lowest BCUT2D eigenvalue weighted by Crippen LogP contribution is -2.45. The molecule has 1 saturated heterocycles. The van der Waals surface area contributed by atoms with Crippen molar-refractivity contribution >= 4 is 5.91 Å². The Labute approximate surface area is 167 Å². The minimum absolute atomic E-state index is 0.0688. The van der Waals surface area contributed by atoms with Crippen LogP contribution in [0.4, 0.5) is 4.39 Å². The van der Waals surface area contributed by atoms with Gasteiger partial charge < -0.3 is 4.90 Å². The molecule has 0 bridgehead atoms. The average Bonchev–Trinajstić information content (AvgIpc) is 2.86. The number of halogens is 1. The van der Waals surface area contributed by atoms with Crippen LogP contribution in [-0.4, -0.2) is 46.4 Å². The van der Waals surface area contributed by atoms with Gasteiger partial charge >= 0.3 is 0 Å². The Kier molecular flexibility index (Phi) is 6.45. The maximum atomic E-state index is 13.2. The van der Waals surface area contributed by atoms with E-state index < -0.39 is 0 Å². The van der Waals surface area contributed by atoms with Gasteiger partial charge in [-0.3, -0.25) is 14.7 Å². The summed E-state index contributed by atoms with van der Waals surface area (Å²) in [5.74, 6) is 0.268. The van der Waals surface area contributed by atoms with Crippen molar-refractivity contribution in [3.63, 3.8) is 0 Å². The topological polar surface area (TPSA) is 36.4 Å². The highest BCUT2D eigenvalue weighted by Gasteiger charge is 2.30. The number of rotatable bonds is 4. The Hall–Kier alpha value is -2.27. The SMILES string of the molecule is Cc1cc(C)c(C(=O)N2CCCN(Cc3ccc(F)cc3)[C@@H](C(C)C)C2)cn1. The fourth-order valence-electron chi connectivity index (χ4n) is 3.99. The van der Waals surface area contributed by atoms with Crippen molar-refractivity contribution in [1.29, 1.82) is 0 Å². The number of aromatic nitrogens is 1. The highest BCUT2D eigenvalue weighted by molar-refractivity contribution is 5.95. The van der Waals surface area contributed by atoms with Crippen molar-refractivity contribution in [3.05, 3.63) is 64.7 Å². The lowest BCUT2D eigenvalue weighted by Gasteiger charge is -2.34. The summed E-state index contributed by atoms with van der Waals surface area (Å²) in [5, 5.41) is 0. The number of hydrogen-bond donors (Lipinski definition) is 0. The molecule has 1 amide bonds. The predicted molar refractivity (Wildman–Crippen MR) is 110 cm³/mol. The first-order valence-corrected chi connectivity index (χ1v) is 10.1. The molecule has 1 aromatic carbocycles. The molecule has 4 nitrogen and oxygen atoms in total. The Morgan fingerprint density at radius 3 is 2.57 bits per heavy atom. The van der Waals surface area contributed by atoms with Gasteiger partial charge in [0.05, 0.1) is 5.56 Å². The normalized spacial score (nSPS) is 18.4. The van der Waals surface area contributed by atoms with E-state index in [9.17, 15) is 9.18 Å². The first kappa shape index (κ1) is 20.5. The smallest absolute Gasteiger partial charge is 0.255 e. The molecular formula is C23H30FN3O. The minimum Gasteiger partial charge on any atom is -0.337 e. The van der Waals surface area contributed by atoms with E-state index in [-0.39, 0.29) is 17.8 Å². The third-order valence-electron chi connectivity index (χ3n) is 5.58. The van der Waals surface area contributed by atoms with Gasteiger partial charge in [-0.05, 0) is 55.5 Å². The van der Waals surface area contributed by atoms with E-state index in [1.54, 1.807) is 6.20 Å². The van der Waals surface area contributed by atoms with Gasteiger partial charge in [0.1, 0.15) is 5.82 Å². The third kappa shape index (κ3) is 4.76. The van der Waals surface area contributed by atoms with Crippen molar-refractivity contribution in [2.75, 3.05) is 19.6 Å². The molecule has 2 aromatic rings. The van der Waals surface area contributed by atoms with Crippen molar-refractivity contribution in [1.82, 2.24) is 14.8 Å². The number of pyridine rings is 1. The Bertz CT molecular complexity index is 819. The highest BCUT2D eigenvalue weighted by atomic mass is 19.1. The molecule has 5 heteroatoms. The van der Waals surface area contributed by atoms with E-state index in [0.717, 1.165) is 42.9 Å². The van der Waals surface area contributed by atoms with E-state index in [0.29, 0.717) is 18.0 Å². The van der Waals surface area contributed by atoms with E-state index in [1.807, 2.05) is 36.9 Å². The molecule has 150 valence electrons. The van der Waals surface area contributed by atoms with Gasteiger partial charge in [-0.1, -0.05) is 26.0 Å². The van der Waals surface area contributed by atoms with Gasteiger partial charge in [0.15, 0.2) is 0 Å². The van der Waals surface area contributed by atoms with Gasteiger partial charge in [0, 0.05) is 44.1 Å². The average molecular weight is 384 g/mol. The molecule has 28 heavy (non-hydrogen) atoms. The van der Waals surface area contributed by atoms with Crippen molar-refractivity contribution in [2.24, 2.45) is 5.92 Å². The van der Waals surface area contributed by atoms with Crippen LogP contribution in [0.5, 0.6) is 0 Å². The van der Waals surface area contributed by atoms with Crippen LogP contribution in [0.25, 0.3) is 0 Å². The molecule has 0 unspecified atom stereocenters. The van der Waals surface area contributed by atoms with Crippen LogP contribution < -0.4 is 0 Å². The summed E-state index contributed by atoms with van der Waals surface area (Å²) >= 11 is 0. The Balaban J connectivity index is 1.78. The number of amides is 1. The first-order valence-electron chi connectivity index (χ1n) is 10.1. The molecule has 0 radical (unpaired) electrons. The number of carbonyl (C=O) groups is 1. The lowest BCUT2D eigenvalue weighted by atomic mass is 10.0. The van der Waals surface area contributed by atoms with E-state index in [1.165, 1.54) is 12.1 Å². The summed E-state index contributed by atoms with van der Waals surface area (Å²) in [6.07, 6.45) is 2.63. The first-order chi connectivity index (χ1) is 13.3. The van der Waals surface area contributed by atoms with Crippen LogP contribution in [-0.2, 0) is 6.54 Å². The second kappa shape index (κ2) is 8.82. The van der Waals surface area contributed by atoms with Crippen LogP contribution in [0.3, 0.4) is 0 Å². The molecule has 1 aromatic heterocycles. The van der Waals surface area contributed by atoms with Gasteiger partial charge in [-0.25, -0.2) is 4.39 Å². The number of nitrogens with zero attached hydrogens (tertiary/aromatic N) is 3. The fourth-order valence-corrected chi connectivity index (χ4v) is 3.99. The zero-order valence-corrected chi connectivity index (χ0v) is 17.3. The van der Waals surface area contributed by atoms with Gasteiger partial charge in [-0.2, -0.15) is 0 Å². The summed E-state index contributed by atoms with van der Waals surface area (Å²) in [6, 6.07) is 8.95. The summed E-state index contributed by atoms with van der Waals surface area (Å²) < 4.78 is 13.2. The number of aryl methyl sites for hydroxylation is 2. The molecule has 0 spiro atoms. The van der Waals surface area contributed by atoms with Crippen molar-refractivity contribution < 1.29 is 9.18 Å². The molecule has 1 aliphatic heterocycles. The van der Waals surface area contributed by atoms with Gasteiger partial charge in [0.25, 0.3) is 5.91 Å². The van der Waals surface area contributed by atoms with Crippen LogP contribution >= 0.6 is 0 Å². The molecule has 1 aliphatic rings. The van der Waals surface area contributed by atoms with Crippen LogP contribution in [0.1, 0.15) is 47.4 Å². The predicted octanol–water partition coefficient (Wildman–Crippen LogP) is 4.21. The molecule has 0 saturated carbocycles. The third-order valence-corrected chi connectivity index (χ3v) is 5.58. The number of carbonyl (C=O) groups excluding carboxylic acids is 1. The van der Waals surface area contributed by atoms with Crippen LogP contribution in [0.2, 0.25) is 0 Å². The largest absolute Gasteiger partial charge is 0.337 e. The molecule has 0 aliphatic carbocycles. The zero-order valence-electron chi connectivity index (χ0n) is 17.3. The standard InChI is InChI=1S/C23H30FN3O/c1-16(2)22-15-27(23(28)21-13-25-18(4)12-17(21)3)11-5-10-26(22)14-19-6-8-20(24)9-7-19/h6-9,12-13,16,22H,5,10-11,14-15H2,1-4H3/t22-/m1/s1. The second-order valence-corrected chi connectivity index (χ2v) is 8.15. The molecule has 3 rings (SSSR count). The molecule has 0 N–H and O–H groups in total. The Morgan fingerprint density at radius 1 is 1.21 bits per heavy atom. The zero-order chi connectivity index (χ0) is 20.3. The molecule has 1 atom stereocenters. The van der Waals surface area contributed by atoms with Gasteiger partial charge in [0.2, 0.25) is 0 Å². The summed E-state index contributed by atoms with van der Waals surface area (Å²) in [6.45, 7) is 11.5. The maximum Gasteiger partial charge on any atom is 0.255 e. The van der Waals surface area contributed by atoms with E-state index in [4.69, 9.17) is 0 Å². The monoisotopic (exact) mass is 383 g/mol. The summed E-state index contributed by atoms with van der Waals surface area (Å²) in [7, 11) is 0. The van der Waals surface area contributed by atoms with Crippen molar-refractivity contribution in [3.8, 4) is 0 Å². The highest BCUT2D eigenvalue weighted by Crippen LogP contribution is 2.22. The van der Waals surface area contributed by atoms with Gasteiger partial charge in [-0.15, -0.1) is 0 Å². The minimum atomic E-state index is -0.209. The lowest BCUT2D eigenvalue weighted by molar-refractivity contribution is 0.0701. The fraction of sp³-hybridized carbons (Fsp3) is 0.478. The Morgan fingerprint density at radius 2 is 1.93 bits per heavy atom. The number of benzene rings is 1. The maximum absolute atomic E-state index is 13.2.